The maximum absolute atomic E-state index is 4.34. The fraction of sp³-hybridized carbons (Fsp3) is 0.0455. The summed E-state index contributed by atoms with van der Waals surface area (Å²) in [6.07, 6.45) is 23.6. The van der Waals surface area contributed by atoms with Crippen LogP contribution in [-0.4, -0.2) is 0 Å². The molecule has 0 aliphatic carbocycles. The number of rotatable bonds is 10. The average molecular weight is 614 g/mol. The highest BCUT2D eigenvalue weighted by Crippen LogP contribution is 2.35. The predicted molar refractivity (Wildman–Crippen MR) is 203 cm³/mol. The molecule has 1 aliphatic rings. The molecule has 0 atom stereocenters. The minimum atomic E-state index is 0.784. The first-order valence-corrected chi connectivity index (χ1v) is 16.3. The molecule has 2 heteroatoms. The number of allylic oxidation sites excluding steroid dienone is 13. The van der Waals surface area contributed by atoms with Gasteiger partial charge in [0.25, 0.3) is 0 Å². The van der Waals surface area contributed by atoms with Crippen molar-refractivity contribution in [3.05, 3.63) is 217 Å². The molecule has 4 aromatic carbocycles. The lowest BCUT2D eigenvalue weighted by molar-refractivity contribution is 1.16. The molecule has 0 saturated carbocycles. The molecule has 0 unspecified atom stereocenters. The van der Waals surface area contributed by atoms with Crippen molar-refractivity contribution in [2.45, 2.75) is 18.2 Å². The summed E-state index contributed by atoms with van der Waals surface area (Å²) < 4.78 is 0. The van der Waals surface area contributed by atoms with E-state index in [1.54, 1.807) is 11.8 Å². The van der Waals surface area contributed by atoms with Crippen LogP contribution in [0.5, 0.6) is 0 Å². The Morgan fingerprint density at radius 3 is 2.07 bits per heavy atom. The maximum atomic E-state index is 4.34. The number of hydrogen-bond donors (Lipinski definition) is 0. The van der Waals surface area contributed by atoms with Crippen LogP contribution < -0.4 is 4.90 Å². The van der Waals surface area contributed by atoms with E-state index >= 15 is 0 Å². The van der Waals surface area contributed by atoms with Gasteiger partial charge in [-0.3, -0.25) is 0 Å². The van der Waals surface area contributed by atoms with Crippen molar-refractivity contribution >= 4 is 28.7 Å². The number of anilines is 2. The molecule has 226 valence electrons. The highest BCUT2D eigenvalue weighted by atomic mass is 32.2. The van der Waals surface area contributed by atoms with Gasteiger partial charge in [-0.25, -0.2) is 0 Å². The average Bonchev–Trinajstić information content (AvgIpc) is 3.17. The quantitative estimate of drug-likeness (QED) is 0.164. The molecule has 0 saturated heterocycles. The Balaban J connectivity index is 1.50. The fourth-order valence-electron chi connectivity index (χ4n) is 5.32. The van der Waals surface area contributed by atoms with E-state index in [-0.39, 0.29) is 0 Å². The molecule has 0 N–H and O–H groups in total. The second kappa shape index (κ2) is 16.1. The van der Waals surface area contributed by atoms with Crippen LogP contribution in [0.2, 0.25) is 0 Å². The molecule has 1 nitrogen and oxygen atoms in total. The van der Waals surface area contributed by atoms with Crippen LogP contribution in [0.25, 0.3) is 16.7 Å². The number of benzene rings is 4. The van der Waals surface area contributed by atoms with Gasteiger partial charge in [0, 0.05) is 27.4 Å². The van der Waals surface area contributed by atoms with E-state index in [1.165, 1.54) is 27.1 Å². The van der Waals surface area contributed by atoms with Crippen molar-refractivity contribution < 1.29 is 0 Å². The molecule has 4 aromatic rings. The fourth-order valence-corrected chi connectivity index (χ4v) is 6.15. The molecule has 1 heterocycles. The smallest absolute Gasteiger partial charge is 0.0455 e. The zero-order valence-electron chi connectivity index (χ0n) is 26.3. The van der Waals surface area contributed by atoms with Crippen molar-refractivity contribution in [3.8, 4) is 11.1 Å². The van der Waals surface area contributed by atoms with E-state index < -0.39 is 0 Å². The van der Waals surface area contributed by atoms with Gasteiger partial charge >= 0.3 is 0 Å². The van der Waals surface area contributed by atoms with Gasteiger partial charge < -0.3 is 4.90 Å². The number of para-hydroxylation sites is 1. The van der Waals surface area contributed by atoms with Crippen LogP contribution in [0.1, 0.15) is 18.1 Å². The van der Waals surface area contributed by atoms with E-state index in [0.29, 0.717) is 0 Å². The maximum Gasteiger partial charge on any atom is 0.0455 e. The predicted octanol–water partition coefficient (Wildman–Crippen LogP) is 12.6. The minimum Gasteiger partial charge on any atom is -0.317 e. The zero-order chi connectivity index (χ0) is 32.1. The monoisotopic (exact) mass is 613 g/mol. The molecular formula is C44H39NS. The second-order valence-electron chi connectivity index (χ2n) is 10.7. The Kier molecular flexibility index (Phi) is 11.3. The van der Waals surface area contributed by atoms with E-state index in [2.05, 4.69) is 170 Å². The van der Waals surface area contributed by atoms with Crippen LogP contribution in [0.4, 0.5) is 11.4 Å². The number of hydrogen-bond acceptors (Lipinski definition) is 2. The van der Waals surface area contributed by atoms with Gasteiger partial charge in [-0.05, 0) is 101 Å². The number of thioether (sulfide) groups is 1. The molecule has 46 heavy (non-hydrogen) atoms. The molecule has 0 radical (unpaired) electrons. The third-order valence-electron chi connectivity index (χ3n) is 7.59. The Morgan fingerprint density at radius 2 is 1.37 bits per heavy atom. The zero-order valence-corrected chi connectivity index (χ0v) is 27.2. The Bertz CT molecular complexity index is 1860. The van der Waals surface area contributed by atoms with Gasteiger partial charge in [-0.15, -0.1) is 0 Å². The summed E-state index contributed by atoms with van der Waals surface area (Å²) in [4.78, 5) is 4.42. The molecule has 0 fully saturated rings. The van der Waals surface area contributed by atoms with Gasteiger partial charge in [0.2, 0.25) is 0 Å². The van der Waals surface area contributed by atoms with Gasteiger partial charge in [0.1, 0.15) is 0 Å². The summed E-state index contributed by atoms with van der Waals surface area (Å²) in [6, 6.07) is 36.3. The molecule has 0 bridgehead atoms. The first kappa shape index (κ1) is 32.1. The lowest BCUT2D eigenvalue weighted by atomic mass is 9.98. The van der Waals surface area contributed by atoms with Crippen LogP contribution in [0.15, 0.2) is 211 Å². The normalized spacial score (nSPS) is 15.8. The lowest BCUT2D eigenvalue weighted by Gasteiger charge is -2.21. The first-order valence-electron chi connectivity index (χ1n) is 15.4. The van der Waals surface area contributed by atoms with Gasteiger partial charge in [-0.1, -0.05) is 147 Å². The Hall–Kier alpha value is -5.31. The lowest BCUT2D eigenvalue weighted by Crippen LogP contribution is -2.08. The van der Waals surface area contributed by atoms with Crippen molar-refractivity contribution in [2.75, 3.05) is 4.90 Å². The Labute approximate surface area is 279 Å². The highest BCUT2D eigenvalue weighted by Gasteiger charge is 2.12. The van der Waals surface area contributed by atoms with E-state index in [0.717, 1.165) is 39.4 Å². The summed E-state index contributed by atoms with van der Waals surface area (Å²) in [7, 11) is 0. The molecular weight excluding hydrogens is 575 g/mol. The molecule has 0 amide bonds. The van der Waals surface area contributed by atoms with Gasteiger partial charge in [-0.2, -0.15) is 0 Å². The summed E-state index contributed by atoms with van der Waals surface area (Å²) in [5.41, 5.74) is 10.3. The van der Waals surface area contributed by atoms with E-state index in [4.69, 9.17) is 0 Å². The Morgan fingerprint density at radius 1 is 0.717 bits per heavy atom. The van der Waals surface area contributed by atoms with Crippen molar-refractivity contribution in [2.24, 2.45) is 0 Å². The van der Waals surface area contributed by atoms with Crippen molar-refractivity contribution in [1.82, 2.24) is 0 Å². The number of fused-ring (bicyclic) bond motifs is 1. The van der Waals surface area contributed by atoms with E-state index in [9.17, 15) is 0 Å². The highest BCUT2D eigenvalue weighted by molar-refractivity contribution is 8.03. The molecule has 0 spiro atoms. The second-order valence-corrected chi connectivity index (χ2v) is 11.9. The van der Waals surface area contributed by atoms with Crippen LogP contribution in [0, 0.1) is 0 Å². The molecule has 1 aliphatic heterocycles. The topological polar surface area (TPSA) is 3.24 Å². The van der Waals surface area contributed by atoms with Crippen molar-refractivity contribution in [3.63, 3.8) is 0 Å². The SMILES string of the molecule is C=C/C=C(\C=C/N(c1ccccc1)c1ccc(-c2ccccc2)cc1)C1=C/Cc2cc(C(/C=C\C)=C/C=C)ccc2SC(=C)/C=C\1. The standard InChI is InChI=1S/C44H39NS/c1-5-14-35(15-6-2)40-27-30-44-41(33-40)24-23-38(22-21-34(4)46-44)36(16-7-3)31-32-45(42-19-12-9-13-20-42)43-28-25-39(26-29-43)37-17-10-8-11-18-37/h5-23,25-33H,1,3-4,24H2,2H3/b15-6-,22-21-,32-31-,35-14+,36-16+,38-23+. The minimum absolute atomic E-state index is 0.784. The number of nitrogens with zero attached hydrogens (tertiary/aromatic N) is 1. The van der Waals surface area contributed by atoms with Crippen molar-refractivity contribution in [1.29, 1.82) is 0 Å². The first-order chi connectivity index (χ1) is 22.6. The van der Waals surface area contributed by atoms with Crippen LogP contribution >= 0.6 is 11.8 Å². The summed E-state index contributed by atoms with van der Waals surface area (Å²) in [5, 5.41) is 0. The largest absolute Gasteiger partial charge is 0.317 e. The third-order valence-corrected chi connectivity index (χ3v) is 8.61. The summed E-state index contributed by atoms with van der Waals surface area (Å²) >= 11 is 1.71. The molecule has 5 rings (SSSR count). The van der Waals surface area contributed by atoms with E-state index in [1.807, 2.05) is 31.2 Å². The molecule has 0 aromatic heterocycles. The van der Waals surface area contributed by atoms with Crippen LogP contribution in [-0.2, 0) is 6.42 Å². The third kappa shape index (κ3) is 8.24. The van der Waals surface area contributed by atoms with Gasteiger partial charge in [0.15, 0.2) is 0 Å². The summed E-state index contributed by atoms with van der Waals surface area (Å²) in [5.74, 6) is 0. The van der Waals surface area contributed by atoms with Crippen LogP contribution in [0.3, 0.4) is 0 Å². The summed E-state index contributed by atoms with van der Waals surface area (Å²) in [6.45, 7) is 14.3. The van der Waals surface area contributed by atoms with Gasteiger partial charge in [0.05, 0.1) is 0 Å².